The van der Waals surface area contributed by atoms with Gasteiger partial charge in [-0.05, 0) is 51.7 Å². The lowest BCUT2D eigenvalue weighted by atomic mass is 10.1. The van der Waals surface area contributed by atoms with E-state index in [0.717, 1.165) is 0 Å². The maximum Gasteiger partial charge on any atom is 0.410 e. The van der Waals surface area contributed by atoms with Crippen LogP contribution < -0.4 is 0 Å². The Balaban J connectivity index is 2.03. The van der Waals surface area contributed by atoms with E-state index >= 15 is 0 Å². The van der Waals surface area contributed by atoms with Gasteiger partial charge in [-0.15, -0.1) is 6.58 Å². The number of halogens is 1. The third kappa shape index (κ3) is 5.54. The monoisotopic (exact) mass is 397 g/mol. The molecule has 0 saturated carbocycles. The summed E-state index contributed by atoms with van der Waals surface area (Å²) in [5.74, 6) is -0.417. The summed E-state index contributed by atoms with van der Waals surface area (Å²) >= 11 is 0. The molecule has 0 aromatic heterocycles. The Bertz CT molecular complexity index is 777. The molecule has 0 aliphatic carbocycles. The molecule has 5 nitrogen and oxygen atoms in total. The fourth-order valence-electron chi connectivity index (χ4n) is 3.15. The Labute approximate surface area is 161 Å². The number of amides is 1. The zero-order valence-corrected chi connectivity index (χ0v) is 17.0. The quantitative estimate of drug-likeness (QED) is 0.710. The maximum atomic E-state index is 13.9. The molecule has 1 heterocycles. The number of rotatable bonds is 5. The lowest BCUT2D eigenvalue weighted by Crippen LogP contribution is -2.46. The molecular weight excluding hydrogens is 369 g/mol. The lowest BCUT2D eigenvalue weighted by molar-refractivity contribution is 0.0217. The van der Waals surface area contributed by atoms with Gasteiger partial charge in [0.2, 0.25) is 0 Å². The molecule has 0 radical (unpaired) electrons. The summed E-state index contributed by atoms with van der Waals surface area (Å²) in [4.78, 5) is 13.7. The Morgan fingerprint density at radius 2 is 1.93 bits per heavy atom. The van der Waals surface area contributed by atoms with Crippen molar-refractivity contribution in [3.63, 3.8) is 0 Å². The fraction of sp³-hybridized carbons (Fsp3) is 0.550. The number of nitrogens with zero attached hydrogens (tertiary/aromatic N) is 1. The van der Waals surface area contributed by atoms with Gasteiger partial charge in [0.15, 0.2) is 9.84 Å². The van der Waals surface area contributed by atoms with Gasteiger partial charge in [-0.3, -0.25) is 0 Å². The smallest absolute Gasteiger partial charge is 0.410 e. The highest BCUT2D eigenvalue weighted by atomic mass is 32.2. The molecule has 1 fully saturated rings. The summed E-state index contributed by atoms with van der Waals surface area (Å²) in [5.41, 5.74) is -0.231. The number of hydrogen-bond acceptors (Lipinski definition) is 4. The van der Waals surface area contributed by atoms with E-state index in [4.69, 9.17) is 4.74 Å². The van der Waals surface area contributed by atoms with Crippen molar-refractivity contribution in [1.82, 2.24) is 4.90 Å². The van der Waals surface area contributed by atoms with Gasteiger partial charge >= 0.3 is 6.09 Å². The molecule has 2 rings (SSSR count). The number of sulfone groups is 1. The van der Waals surface area contributed by atoms with Crippen molar-refractivity contribution in [1.29, 1.82) is 0 Å². The summed E-state index contributed by atoms with van der Waals surface area (Å²) in [5, 5.41) is -1.43. The predicted octanol–water partition coefficient (Wildman–Crippen LogP) is 3.74. The largest absolute Gasteiger partial charge is 0.444 e. The van der Waals surface area contributed by atoms with Crippen molar-refractivity contribution >= 4 is 15.9 Å². The van der Waals surface area contributed by atoms with Crippen LogP contribution in [0.2, 0.25) is 0 Å². The molecule has 150 valence electrons. The minimum atomic E-state index is -3.54. The zero-order chi connectivity index (χ0) is 20.2. The summed E-state index contributed by atoms with van der Waals surface area (Å²) in [7, 11) is -3.54. The van der Waals surface area contributed by atoms with E-state index in [0.29, 0.717) is 31.5 Å². The summed E-state index contributed by atoms with van der Waals surface area (Å²) < 4.78 is 45.3. The van der Waals surface area contributed by atoms with Crippen LogP contribution in [0.4, 0.5) is 9.18 Å². The number of carbonyl (C=O) groups is 1. The van der Waals surface area contributed by atoms with Crippen LogP contribution in [0.5, 0.6) is 0 Å². The summed E-state index contributed by atoms with van der Waals surface area (Å²) in [6, 6.07) is 6.17. The van der Waals surface area contributed by atoms with E-state index in [2.05, 4.69) is 6.58 Å². The van der Waals surface area contributed by atoms with Gasteiger partial charge in [-0.1, -0.05) is 24.3 Å². The second kappa shape index (κ2) is 8.42. The number of likely N-dealkylation sites (tertiary alicyclic amines) is 1. The molecule has 1 aliphatic rings. The van der Waals surface area contributed by atoms with Gasteiger partial charge in [0.25, 0.3) is 0 Å². The molecule has 1 atom stereocenters. The van der Waals surface area contributed by atoms with Crippen molar-refractivity contribution in [2.75, 3.05) is 13.1 Å². The second-order valence-corrected chi connectivity index (χ2v) is 10.3. The molecule has 1 saturated heterocycles. The Morgan fingerprint density at radius 1 is 1.33 bits per heavy atom. The van der Waals surface area contributed by atoms with Crippen LogP contribution in [-0.4, -0.2) is 48.6 Å². The molecule has 1 unspecified atom stereocenters. The average Bonchev–Trinajstić information content (AvgIpc) is 2.59. The van der Waals surface area contributed by atoms with Crippen molar-refractivity contribution in [2.45, 2.75) is 56.1 Å². The van der Waals surface area contributed by atoms with Crippen molar-refractivity contribution in [3.8, 4) is 0 Å². The first-order valence-corrected chi connectivity index (χ1v) is 10.7. The van der Waals surface area contributed by atoms with Gasteiger partial charge in [-0.25, -0.2) is 17.6 Å². The minimum Gasteiger partial charge on any atom is -0.444 e. The molecule has 0 spiro atoms. The molecule has 1 aliphatic heterocycles. The standard InChI is InChI=1S/C20H28FNO4S/c1-5-16(14-15-8-6-7-9-18(15)21)27(24,25)17-10-12-22(13-11-17)19(23)26-20(2,3)4/h5-9,16-17H,1,10-14H2,2-4H3. The Morgan fingerprint density at radius 3 is 2.44 bits per heavy atom. The Hall–Kier alpha value is -1.89. The molecule has 1 amide bonds. The Kier molecular flexibility index (Phi) is 6.68. The first-order chi connectivity index (χ1) is 12.5. The summed E-state index contributed by atoms with van der Waals surface area (Å²) in [6.45, 7) is 9.66. The first-order valence-electron chi connectivity index (χ1n) is 9.11. The third-order valence-corrected chi connectivity index (χ3v) is 7.23. The van der Waals surface area contributed by atoms with E-state index in [1.54, 1.807) is 39.0 Å². The van der Waals surface area contributed by atoms with Crippen LogP contribution in [0, 0.1) is 5.82 Å². The van der Waals surface area contributed by atoms with E-state index < -0.39 is 37.8 Å². The highest BCUT2D eigenvalue weighted by molar-refractivity contribution is 7.92. The molecule has 1 aromatic carbocycles. The number of piperidine rings is 1. The van der Waals surface area contributed by atoms with E-state index in [1.807, 2.05) is 0 Å². The average molecular weight is 398 g/mol. The first kappa shape index (κ1) is 21.4. The lowest BCUT2D eigenvalue weighted by Gasteiger charge is -2.34. The van der Waals surface area contributed by atoms with Crippen LogP contribution in [0.1, 0.15) is 39.2 Å². The van der Waals surface area contributed by atoms with E-state index in [-0.39, 0.29) is 6.42 Å². The highest BCUT2D eigenvalue weighted by Crippen LogP contribution is 2.25. The number of hydrogen-bond donors (Lipinski definition) is 0. The SMILES string of the molecule is C=CC(Cc1ccccc1F)S(=O)(=O)C1CCN(C(=O)OC(C)(C)C)CC1. The van der Waals surface area contributed by atoms with Gasteiger partial charge in [-0.2, -0.15) is 0 Å². The second-order valence-electron chi connectivity index (χ2n) is 7.83. The van der Waals surface area contributed by atoms with Gasteiger partial charge in [0.1, 0.15) is 11.4 Å². The van der Waals surface area contributed by atoms with Crippen LogP contribution in [0.15, 0.2) is 36.9 Å². The molecule has 0 bridgehead atoms. The molecular formula is C20H28FNO4S. The van der Waals surface area contributed by atoms with Crippen LogP contribution in [0.3, 0.4) is 0 Å². The van der Waals surface area contributed by atoms with E-state index in [9.17, 15) is 17.6 Å². The maximum absolute atomic E-state index is 13.9. The molecule has 1 aromatic rings. The molecule has 7 heteroatoms. The van der Waals surface area contributed by atoms with Gasteiger partial charge in [0.05, 0.1) is 10.5 Å². The van der Waals surface area contributed by atoms with Crippen LogP contribution in [0.25, 0.3) is 0 Å². The molecule has 27 heavy (non-hydrogen) atoms. The van der Waals surface area contributed by atoms with E-state index in [1.165, 1.54) is 17.0 Å². The van der Waals surface area contributed by atoms with Gasteiger partial charge < -0.3 is 9.64 Å². The van der Waals surface area contributed by atoms with Gasteiger partial charge in [0, 0.05) is 13.1 Å². The fourth-order valence-corrected chi connectivity index (χ4v) is 5.20. The van der Waals surface area contributed by atoms with Crippen molar-refractivity contribution < 1.29 is 22.3 Å². The van der Waals surface area contributed by atoms with Crippen LogP contribution in [-0.2, 0) is 21.0 Å². The zero-order valence-electron chi connectivity index (χ0n) is 16.2. The van der Waals surface area contributed by atoms with Crippen molar-refractivity contribution in [2.24, 2.45) is 0 Å². The third-order valence-electron chi connectivity index (χ3n) is 4.62. The normalized spacial score (nSPS) is 17.4. The molecule has 0 N–H and O–H groups in total. The number of ether oxygens (including phenoxy) is 1. The van der Waals surface area contributed by atoms with Crippen LogP contribution >= 0.6 is 0 Å². The highest BCUT2D eigenvalue weighted by Gasteiger charge is 2.37. The predicted molar refractivity (Wildman–Crippen MR) is 104 cm³/mol. The number of carbonyl (C=O) groups excluding carboxylic acids is 1. The summed E-state index contributed by atoms with van der Waals surface area (Å²) in [6.07, 6.45) is 1.68. The minimum absolute atomic E-state index is 0.0603. The topological polar surface area (TPSA) is 63.7 Å². The number of benzene rings is 1. The van der Waals surface area contributed by atoms with Crippen molar-refractivity contribution in [3.05, 3.63) is 48.3 Å².